The van der Waals surface area contributed by atoms with Gasteiger partial charge in [-0.25, -0.2) is 0 Å². The fourth-order valence-electron chi connectivity index (χ4n) is 1.83. The highest BCUT2D eigenvalue weighted by atomic mass is 16.3. The number of hydrogen-bond acceptors (Lipinski definition) is 2. The zero-order chi connectivity index (χ0) is 10.5. The van der Waals surface area contributed by atoms with Gasteiger partial charge in [0, 0.05) is 0 Å². The largest absolute Gasteiger partial charge is 0.150 e. The summed E-state index contributed by atoms with van der Waals surface area (Å²) in [7, 11) is 0. The Labute approximate surface area is 89.3 Å². The highest BCUT2D eigenvalue weighted by molar-refractivity contribution is 5.32. The summed E-state index contributed by atoms with van der Waals surface area (Å²) >= 11 is 0. The van der Waals surface area contributed by atoms with Crippen LogP contribution in [0, 0.1) is 4.91 Å². The maximum absolute atomic E-state index is 10.9. The van der Waals surface area contributed by atoms with Crippen LogP contribution in [0.4, 0.5) is 0 Å². The van der Waals surface area contributed by atoms with Crippen molar-refractivity contribution in [2.45, 2.75) is 18.9 Å². The minimum atomic E-state index is -0.309. The molecule has 1 atom stereocenters. The number of hydrogen-bond donors (Lipinski definition) is 0. The van der Waals surface area contributed by atoms with Gasteiger partial charge in [0.1, 0.15) is 6.04 Å². The SMILES string of the molecule is O=NC(C1=CC=CCC1)c1ccccc1. The zero-order valence-corrected chi connectivity index (χ0v) is 8.47. The van der Waals surface area contributed by atoms with Crippen molar-refractivity contribution in [1.82, 2.24) is 0 Å². The molecule has 2 nitrogen and oxygen atoms in total. The third kappa shape index (κ3) is 2.21. The quantitative estimate of drug-likeness (QED) is 0.681. The van der Waals surface area contributed by atoms with Crippen LogP contribution < -0.4 is 0 Å². The maximum atomic E-state index is 10.9. The van der Waals surface area contributed by atoms with Gasteiger partial charge < -0.3 is 0 Å². The normalized spacial score (nSPS) is 16.9. The van der Waals surface area contributed by atoms with Crippen molar-refractivity contribution >= 4 is 0 Å². The Morgan fingerprint density at radius 1 is 1.20 bits per heavy atom. The lowest BCUT2D eigenvalue weighted by atomic mass is 9.93. The molecule has 0 fully saturated rings. The highest BCUT2D eigenvalue weighted by Gasteiger charge is 2.16. The van der Waals surface area contributed by atoms with Crippen LogP contribution in [0.3, 0.4) is 0 Å². The second kappa shape index (κ2) is 4.69. The summed E-state index contributed by atoms with van der Waals surface area (Å²) in [6.45, 7) is 0. The topological polar surface area (TPSA) is 29.4 Å². The van der Waals surface area contributed by atoms with E-state index in [2.05, 4.69) is 11.3 Å². The van der Waals surface area contributed by atoms with Gasteiger partial charge in [0.2, 0.25) is 0 Å². The van der Waals surface area contributed by atoms with E-state index in [1.807, 2.05) is 42.5 Å². The highest BCUT2D eigenvalue weighted by Crippen LogP contribution is 2.30. The molecule has 0 spiro atoms. The molecule has 0 aliphatic heterocycles. The molecular formula is C13H13NO. The Balaban J connectivity index is 2.28. The van der Waals surface area contributed by atoms with E-state index in [-0.39, 0.29) is 6.04 Å². The van der Waals surface area contributed by atoms with E-state index >= 15 is 0 Å². The van der Waals surface area contributed by atoms with Gasteiger partial charge in [-0.1, -0.05) is 53.7 Å². The van der Waals surface area contributed by atoms with Crippen LogP contribution in [0.2, 0.25) is 0 Å². The summed E-state index contributed by atoms with van der Waals surface area (Å²) in [6.07, 6.45) is 8.05. The molecule has 0 saturated carbocycles. The summed E-state index contributed by atoms with van der Waals surface area (Å²) < 4.78 is 0. The van der Waals surface area contributed by atoms with E-state index in [9.17, 15) is 4.91 Å². The van der Waals surface area contributed by atoms with E-state index < -0.39 is 0 Å². The summed E-state index contributed by atoms with van der Waals surface area (Å²) in [5.41, 5.74) is 2.09. The summed E-state index contributed by atoms with van der Waals surface area (Å²) in [4.78, 5) is 10.9. The molecule has 0 amide bonds. The van der Waals surface area contributed by atoms with Gasteiger partial charge in [0.05, 0.1) is 0 Å². The van der Waals surface area contributed by atoms with Crippen molar-refractivity contribution in [3.05, 3.63) is 64.6 Å². The molecular weight excluding hydrogens is 186 g/mol. The smallest absolute Gasteiger partial charge is 0.138 e. The lowest BCUT2D eigenvalue weighted by molar-refractivity contribution is 0.766. The van der Waals surface area contributed by atoms with Crippen LogP contribution in [0.5, 0.6) is 0 Å². The molecule has 0 heterocycles. The van der Waals surface area contributed by atoms with Crippen LogP contribution in [0.25, 0.3) is 0 Å². The predicted octanol–water partition coefficient (Wildman–Crippen LogP) is 3.77. The first-order valence-corrected chi connectivity index (χ1v) is 5.15. The molecule has 0 aromatic heterocycles. The Hall–Kier alpha value is -1.70. The molecule has 15 heavy (non-hydrogen) atoms. The molecule has 0 bridgehead atoms. The Kier molecular flexibility index (Phi) is 3.08. The second-order valence-electron chi connectivity index (χ2n) is 3.63. The fourth-order valence-corrected chi connectivity index (χ4v) is 1.83. The number of benzene rings is 1. The molecule has 0 saturated heterocycles. The van der Waals surface area contributed by atoms with Crippen LogP contribution in [0.1, 0.15) is 24.4 Å². The van der Waals surface area contributed by atoms with Crippen molar-refractivity contribution in [3.8, 4) is 0 Å². The number of rotatable bonds is 3. The first-order valence-electron chi connectivity index (χ1n) is 5.15. The fraction of sp³-hybridized carbons (Fsp3) is 0.231. The molecule has 1 unspecified atom stereocenters. The second-order valence-corrected chi connectivity index (χ2v) is 3.63. The first-order chi connectivity index (χ1) is 7.42. The van der Waals surface area contributed by atoms with E-state index in [4.69, 9.17) is 0 Å². The third-order valence-electron chi connectivity index (χ3n) is 2.62. The number of nitroso groups, excluding NO2 is 1. The zero-order valence-electron chi connectivity index (χ0n) is 8.47. The first kappa shape index (κ1) is 9.84. The standard InChI is InChI=1S/C13H13NO/c15-14-13(11-7-3-1-4-8-11)12-9-5-2-6-10-12/h1-5,7-9,13H,6,10H2. The number of allylic oxidation sites excluding steroid dienone is 3. The van der Waals surface area contributed by atoms with Gasteiger partial charge in [-0.05, 0) is 24.0 Å². The monoisotopic (exact) mass is 199 g/mol. The van der Waals surface area contributed by atoms with E-state index in [1.165, 1.54) is 0 Å². The van der Waals surface area contributed by atoms with Crippen LogP contribution >= 0.6 is 0 Å². The van der Waals surface area contributed by atoms with Crippen molar-refractivity contribution in [1.29, 1.82) is 0 Å². The van der Waals surface area contributed by atoms with Crippen molar-refractivity contribution < 1.29 is 0 Å². The third-order valence-corrected chi connectivity index (χ3v) is 2.62. The lowest BCUT2D eigenvalue weighted by Gasteiger charge is -2.14. The molecule has 1 aromatic carbocycles. The van der Waals surface area contributed by atoms with Gasteiger partial charge in [0.25, 0.3) is 0 Å². The van der Waals surface area contributed by atoms with Crippen LogP contribution in [0.15, 0.2) is 59.3 Å². The summed E-state index contributed by atoms with van der Waals surface area (Å²) in [5.74, 6) is 0. The van der Waals surface area contributed by atoms with Crippen molar-refractivity contribution in [2.24, 2.45) is 5.18 Å². The van der Waals surface area contributed by atoms with Crippen molar-refractivity contribution in [3.63, 3.8) is 0 Å². The van der Waals surface area contributed by atoms with Gasteiger partial charge in [-0.3, -0.25) is 0 Å². The van der Waals surface area contributed by atoms with Crippen LogP contribution in [-0.4, -0.2) is 0 Å². The molecule has 1 aromatic rings. The number of nitrogens with zero attached hydrogens (tertiary/aromatic N) is 1. The van der Waals surface area contributed by atoms with Gasteiger partial charge in [-0.15, -0.1) is 4.91 Å². The van der Waals surface area contributed by atoms with E-state index in [0.717, 1.165) is 24.0 Å². The summed E-state index contributed by atoms with van der Waals surface area (Å²) in [5, 5.41) is 3.23. The average molecular weight is 199 g/mol. The molecule has 2 rings (SSSR count). The van der Waals surface area contributed by atoms with Gasteiger partial charge in [-0.2, -0.15) is 0 Å². The van der Waals surface area contributed by atoms with E-state index in [1.54, 1.807) is 0 Å². The Morgan fingerprint density at radius 3 is 2.60 bits per heavy atom. The molecule has 0 radical (unpaired) electrons. The average Bonchev–Trinajstić information content (AvgIpc) is 2.33. The Morgan fingerprint density at radius 2 is 2.00 bits per heavy atom. The molecule has 2 heteroatoms. The molecule has 76 valence electrons. The maximum Gasteiger partial charge on any atom is 0.138 e. The minimum Gasteiger partial charge on any atom is -0.150 e. The Bertz CT molecular complexity index is 392. The van der Waals surface area contributed by atoms with E-state index in [0.29, 0.717) is 0 Å². The van der Waals surface area contributed by atoms with Crippen LogP contribution in [-0.2, 0) is 0 Å². The molecule has 0 N–H and O–H groups in total. The summed E-state index contributed by atoms with van der Waals surface area (Å²) in [6, 6.07) is 9.41. The predicted molar refractivity (Wildman–Crippen MR) is 61.4 cm³/mol. The molecule has 1 aliphatic rings. The van der Waals surface area contributed by atoms with Gasteiger partial charge >= 0.3 is 0 Å². The van der Waals surface area contributed by atoms with Gasteiger partial charge in [0.15, 0.2) is 0 Å². The van der Waals surface area contributed by atoms with Crippen molar-refractivity contribution in [2.75, 3.05) is 0 Å². The minimum absolute atomic E-state index is 0.309. The lowest BCUT2D eigenvalue weighted by Crippen LogP contribution is -2.00. The molecule has 1 aliphatic carbocycles.